The van der Waals surface area contributed by atoms with Gasteiger partial charge in [0.15, 0.2) is 10.8 Å². The lowest BCUT2D eigenvalue weighted by atomic mass is 10.1. The van der Waals surface area contributed by atoms with Crippen LogP contribution in [-0.2, 0) is 16.1 Å². The second kappa shape index (κ2) is 7.27. The van der Waals surface area contributed by atoms with Crippen LogP contribution in [0, 0.1) is 0 Å². The Morgan fingerprint density at radius 3 is 2.96 bits per heavy atom. The van der Waals surface area contributed by atoms with Crippen LogP contribution in [0.4, 0.5) is 0 Å². The van der Waals surface area contributed by atoms with Gasteiger partial charge in [-0.3, -0.25) is 9.69 Å². The van der Waals surface area contributed by atoms with E-state index in [2.05, 4.69) is 30.2 Å². The first-order valence-electron chi connectivity index (χ1n) is 8.28. The molecule has 1 fully saturated rings. The molecular weight excluding hydrogens is 340 g/mol. The molecule has 136 valence electrons. The van der Waals surface area contributed by atoms with Crippen LogP contribution in [0.3, 0.4) is 0 Å². The molecule has 2 N–H and O–H groups in total. The van der Waals surface area contributed by atoms with Crippen LogP contribution in [-0.4, -0.2) is 68.3 Å². The lowest BCUT2D eigenvalue weighted by molar-refractivity contribution is -0.162. The van der Waals surface area contributed by atoms with Crippen molar-refractivity contribution in [3.05, 3.63) is 12.0 Å². The van der Waals surface area contributed by atoms with Gasteiger partial charge in [0.2, 0.25) is 0 Å². The highest BCUT2D eigenvalue weighted by molar-refractivity contribution is 7.98. The summed E-state index contributed by atoms with van der Waals surface area (Å²) in [6.07, 6.45) is 3.48. The Morgan fingerprint density at radius 1 is 1.44 bits per heavy atom. The zero-order valence-electron chi connectivity index (χ0n) is 15.0. The largest absolute Gasteiger partial charge is 0.459 e. The summed E-state index contributed by atoms with van der Waals surface area (Å²) in [6, 6.07) is -0.332. The van der Waals surface area contributed by atoms with Crippen molar-refractivity contribution in [3.63, 3.8) is 0 Å². The average Bonchev–Trinajstić information content (AvgIpc) is 2.98. The van der Waals surface area contributed by atoms with E-state index in [1.165, 1.54) is 18.1 Å². The molecule has 0 aromatic carbocycles. The van der Waals surface area contributed by atoms with Gasteiger partial charge in [0.05, 0.1) is 5.69 Å². The average molecular weight is 364 g/mol. The number of hydrogen-bond acceptors (Lipinski definition) is 8. The first kappa shape index (κ1) is 18.1. The molecule has 3 heterocycles. The van der Waals surface area contributed by atoms with Gasteiger partial charge < -0.3 is 15.0 Å². The minimum atomic E-state index is -0.501. The number of nitrogens with zero attached hydrogens (tertiary/aromatic N) is 4. The van der Waals surface area contributed by atoms with Crippen LogP contribution < -0.4 is 5.32 Å². The smallest absolute Gasteiger partial charge is 0.325 e. The van der Waals surface area contributed by atoms with E-state index in [0.717, 1.165) is 29.5 Å². The maximum absolute atomic E-state index is 12.6. The minimum Gasteiger partial charge on any atom is -0.459 e. The lowest BCUT2D eigenvalue weighted by Crippen LogP contribution is -2.55. The molecule has 0 amide bonds. The molecule has 1 saturated heterocycles. The summed E-state index contributed by atoms with van der Waals surface area (Å²) < 4.78 is 5.58. The summed E-state index contributed by atoms with van der Waals surface area (Å²) >= 11 is 1.53. The van der Waals surface area contributed by atoms with Gasteiger partial charge in [0.25, 0.3) is 0 Å². The van der Waals surface area contributed by atoms with Crippen LogP contribution in [0.5, 0.6) is 0 Å². The van der Waals surface area contributed by atoms with Gasteiger partial charge in [-0.25, -0.2) is 15.0 Å². The van der Waals surface area contributed by atoms with Crippen molar-refractivity contribution in [3.8, 4) is 0 Å². The SMILES string of the molecule is CSc1nc2ncnc(CN3CCNCC3C(=O)OC(C)(C)C)c2[nH]1. The van der Waals surface area contributed by atoms with Crippen molar-refractivity contribution in [2.45, 2.75) is 44.1 Å². The third-order valence-electron chi connectivity index (χ3n) is 3.92. The van der Waals surface area contributed by atoms with Crippen LogP contribution in [0.2, 0.25) is 0 Å². The number of carbonyl (C=O) groups excluding carboxylic acids is 1. The maximum Gasteiger partial charge on any atom is 0.325 e. The van der Waals surface area contributed by atoms with Gasteiger partial charge in [0.1, 0.15) is 23.5 Å². The van der Waals surface area contributed by atoms with E-state index in [1.807, 2.05) is 27.0 Å². The molecule has 0 spiro atoms. The standard InChI is InChI=1S/C16H24N6O2S/c1-16(2,3)24-14(23)11-7-17-5-6-22(11)8-10-12-13(19-9-18-10)21-15(20-12)25-4/h9,11,17H,5-8H2,1-4H3,(H,18,19,20,21). The molecule has 0 saturated carbocycles. The molecule has 0 aliphatic carbocycles. The van der Waals surface area contributed by atoms with Crippen molar-refractivity contribution in [2.24, 2.45) is 0 Å². The summed E-state index contributed by atoms with van der Waals surface area (Å²) in [5.41, 5.74) is 1.82. The Kier molecular flexibility index (Phi) is 5.26. The Morgan fingerprint density at radius 2 is 2.24 bits per heavy atom. The molecule has 0 bridgehead atoms. The molecule has 25 heavy (non-hydrogen) atoms. The number of aromatic nitrogens is 4. The fourth-order valence-corrected chi connectivity index (χ4v) is 3.18. The predicted molar refractivity (Wildman–Crippen MR) is 96.4 cm³/mol. The number of esters is 1. The Labute approximate surface area is 151 Å². The van der Waals surface area contributed by atoms with E-state index in [1.54, 1.807) is 0 Å². The highest BCUT2D eigenvalue weighted by Gasteiger charge is 2.33. The molecule has 2 aromatic heterocycles. The second-order valence-electron chi connectivity index (χ2n) is 6.99. The molecule has 8 nitrogen and oxygen atoms in total. The topological polar surface area (TPSA) is 96.0 Å². The van der Waals surface area contributed by atoms with E-state index in [9.17, 15) is 4.79 Å². The number of piperazine rings is 1. The van der Waals surface area contributed by atoms with Gasteiger partial charge in [-0.1, -0.05) is 11.8 Å². The number of thioether (sulfide) groups is 1. The molecule has 1 atom stereocenters. The van der Waals surface area contributed by atoms with Crippen LogP contribution >= 0.6 is 11.8 Å². The first-order valence-corrected chi connectivity index (χ1v) is 9.51. The quantitative estimate of drug-likeness (QED) is 0.617. The normalized spacial score (nSPS) is 19.3. The Bertz CT molecular complexity index is 757. The summed E-state index contributed by atoms with van der Waals surface area (Å²) in [7, 11) is 0. The van der Waals surface area contributed by atoms with Crippen molar-refractivity contribution < 1.29 is 9.53 Å². The summed E-state index contributed by atoms with van der Waals surface area (Å²) in [5.74, 6) is -0.209. The first-order chi connectivity index (χ1) is 11.9. The van der Waals surface area contributed by atoms with E-state index in [4.69, 9.17) is 4.74 Å². The fraction of sp³-hybridized carbons (Fsp3) is 0.625. The van der Waals surface area contributed by atoms with Gasteiger partial charge >= 0.3 is 5.97 Å². The molecule has 1 unspecified atom stereocenters. The number of hydrogen-bond donors (Lipinski definition) is 2. The van der Waals surface area contributed by atoms with Crippen molar-refractivity contribution in [1.82, 2.24) is 30.2 Å². The number of imidazole rings is 1. The second-order valence-corrected chi connectivity index (χ2v) is 7.78. The molecular formula is C16H24N6O2S. The molecule has 9 heteroatoms. The molecule has 0 radical (unpaired) electrons. The number of H-pyrrole nitrogens is 1. The monoisotopic (exact) mass is 364 g/mol. The number of aromatic amines is 1. The highest BCUT2D eigenvalue weighted by atomic mass is 32.2. The summed E-state index contributed by atoms with van der Waals surface area (Å²) in [6.45, 7) is 8.34. The number of fused-ring (bicyclic) bond motifs is 1. The van der Waals surface area contributed by atoms with Crippen LogP contribution in [0.1, 0.15) is 26.5 Å². The third kappa shape index (κ3) is 4.28. The van der Waals surface area contributed by atoms with Gasteiger partial charge in [0, 0.05) is 26.2 Å². The van der Waals surface area contributed by atoms with E-state index >= 15 is 0 Å². The number of rotatable bonds is 4. The number of carbonyl (C=O) groups is 1. The van der Waals surface area contributed by atoms with Gasteiger partial charge in [-0.2, -0.15) is 0 Å². The predicted octanol–water partition coefficient (Wildman–Crippen LogP) is 1.19. The zero-order chi connectivity index (χ0) is 18.0. The molecule has 1 aliphatic rings. The van der Waals surface area contributed by atoms with E-state index < -0.39 is 5.60 Å². The van der Waals surface area contributed by atoms with Crippen molar-refractivity contribution in [1.29, 1.82) is 0 Å². The van der Waals surface area contributed by atoms with Crippen LogP contribution in [0.15, 0.2) is 11.5 Å². The third-order valence-corrected chi connectivity index (χ3v) is 4.50. The van der Waals surface area contributed by atoms with Crippen molar-refractivity contribution in [2.75, 3.05) is 25.9 Å². The lowest BCUT2D eigenvalue weighted by Gasteiger charge is -2.35. The minimum absolute atomic E-state index is 0.209. The Hall–Kier alpha value is -1.71. The fourth-order valence-electron chi connectivity index (χ4n) is 2.80. The van der Waals surface area contributed by atoms with Gasteiger partial charge in [-0.15, -0.1) is 0 Å². The number of ether oxygens (including phenoxy) is 1. The van der Waals surface area contributed by atoms with E-state index in [0.29, 0.717) is 18.7 Å². The Balaban J connectivity index is 1.82. The number of nitrogens with one attached hydrogen (secondary N) is 2. The van der Waals surface area contributed by atoms with E-state index in [-0.39, 0.29) is 12.0 Å². The van der Waals surface area contributed by atoms with Gasteiger partial charge in [-0.05, 0) is 27.0 Å². The highest BCUT2D eigenvalue weighted by Crippen LogP contribution is 2.20. The molecule has 2 aromatic rings. The van der Waals surface area contributed by atoms with Crippen molar-refractivity contribution >= 4 is 28.9 Å². The van der Waals surface area contributed by atoms with Crippen LogP contribution in [0.25, 0.3) is 11.2 Å². The summed E-state index contributed by atoms with van der Waals surface area (Å²) in [5, 5.41) is 4.08. The summed E-state index contributed by atoms with van der Waals surface area (Å²) in [4.78, 5) is 31.0. The maximum atomic E-state index is 12.6. The molecule has 1 aliphatic heterocycles. The molecule has 3 rings (SSSR count). The zero-order valence-corrected chi connectivity index (χ0v) is 15.8.